The average molecular weight is 372 g/mol. The Bertz CT molecular complexity index is 894. The van der Waals surface area contributed by atoms with Crippen molar-refractivity contribution in [1.82, 2.24) is 4.98 Å². The van der Waals surface area contributed by atoms with Crippen molar-refractivity contribution >= 4 is 32.6 Å². The lowest BCUT2D eigenvalue weighted by atomic mass is 10.3. The molecule has 0 bridgehead atoms. The third-order valence-corrected chi connectivity index (χ3v) is 4.44. The van der Waals surface area contributed by atoms with Crippen molar-refractivity contribution in [3.8, 4) is 17.2 Å². The molecule has 136 valence electrons. The molecule has 0 unspecified atom stereocenters. The summed E-state index contributed by atoms with van der Waals surface area (Å²) in [4.78, 5) is 16.5. The van der Waals surface area contributed by atoms with Crippen molar-refractivity contribution in [3.05, 3.63) is 42.5 Å². The van der Waals surface area contributed by atoms with Crippen LogP contribution in [-0.4, -0.2) is 31.2 Å². The number of fused-ring (bicyclic) bond motifs is 1. The molecule has 6 nitrogen and oxygen atoms in total. The quantitative estimate of drug-likeness (QED) is 0.644. The predicted octanol–water partition coefficient (Wildman–Crippen LogP) is 4.11. The number of carbonyl (C=O) groups is 1. The van der Waals surface area contributed by atoms with Gasteiger partial charge in [0.05, 0.1) is 23.9 Å². The Balaban J connectivity index is 1.61. The van der Waals surface area contributed by atoms with Gasteiger partial charge in [-0.1, -0.05) is 30.4 Å². The zero-order valence-electron chi connectivity index (χ0n) is 14.7. The van der Waals surface area contributed by atoms with Gasteiger partial charge in [-0.25, -0.2) is 4.98 Å². The summed E-state index contributed by atoms with van der Waals surface area (Å²) in [5.74, 6) is 1.63. The molecule has 3 aromatic rings. The highest BCUT2D eigenvalue weighted by molar-refractivity contribution is 7.22. The predicted molar refractivity (Wildman–Crippen MR) is 103 cm³/mol. The van der Waals surface area contributed by atoms with Gasteiger partial charge in [-0.15, -0.1) is 0 Å². The summed E-state index contributed by atoms with van der Waals surface area (Å²) in [6.07, 6.45) is 0.953. The number of ether oxygens (including phenoxy) is 3. The fourth-order valence-corrected chi connectivity index (χ4v) is 3.22. The van der Waals surface area contributed by atoms with E-state index in [1.807, 2.05) is 30.3 Å². The molecule has 1 amide bonds. The number of para-hydroxylation sites is 2. The maximum absolute atomic E-state index is 12.1. The molecule has 1 heterocycles. The molecule has 0 saturated heterocycles. The first-order valence-electron chi connectivity index (χ1n) is 8.28. The van der Waals surface area contributed by atoms with Gasteiger partial charge in [-0.2, -0.15) is 0 Å². The van der Waals surface area contributed by atoms with Gasteiger partial charge in [0.25, 0.3) is 5.91 Å². The van der Waals surface area contributed by atoms with Crippen LogP contribution >= 0.6 is 11.3 Å². The van der Waals surface area contributed by atoms with Gasteiger partial charge in [0, 0.05) is 0 Å². The number of aromatic nitrogens is 1. The third-order valence-electron chi connectivity index (χ3n) is 3.51. The highest BCUT2D eigenvalue weighted by atomic mass is 32.1. The highest BCUT2D eigenvalue weighted by Crippen LogP contribution is 2.29. The van der Waals surface area contributed by atoms with E-state index < -0.39 is 0 Å². The molecule has 0 radical (unpaired) electrons. The molecule has 0 saturated carbocycles. The first-order chi connectivity index (χ1) is 12.7. The molecule has 0 aliphatic carbocycles. The van der Waals surface area contributed by atoms with Gasteiger partial charge in [0.2, 0.25) is 0 Å². The van der Waals surface area contributed by atoms with E-state index in [9.17, 15) is 4.79 Å². The van der Waals surface area contributed by atoms with Crippen LogP contribution in [0.2, 0.25) is 0 Å². The molecule has 26 heavy (non-hydrogen) atoms. The number of carbonyl (C=O) groups excluding carboxylic acids is 1. The van der Waals surface area contributed by atoms with Gasteiger partial charge in [0.15, 0.2) is 23.2 Å². The number of amides is 1. The van der Waals surface area contributed by atoms with Gasteiger partial charge in [-0.05, 0) is 36.8 Å². The molecule has 7 heteroatoms. The average Bonchev–Trinajstić information content (AvgIpc) is 3.06. The van der Waals surface area contributed by atoms with Crippen LogP contribution in [0, 0.1) is 0 Å². The van der Waals surface area contributed by atoms with Crippen LogP contribution in [0.3, 0.4) is 0 Å². The van der Waals surface area contributed by atoms with E-state index in [4.69, 9.17) is 14.2 Å². The number of nitrogens with one attached hydrogen (secondary N) is 1. The molecule has 0 aliphatic heterocycles. The van der Waals surface area contributed by atoms with Crippen molar-refractivity contribution in [3.63, 3.8) is 0 Å². The Morgan fingerprint density at radius 2 is 1.96 bits per heavy atom. The molecular weight excluding hydrogens is 352 g/mol. The fourth-order valence-electron chi connectivity index (χ4n) is 2.30. The van der Waals surface area contributed by atoms with Crippen LogP contribution in [0.4, 0.5) is 5.13 Å². The number of anilines is 1. The normalized spacial score (nSPS) is 10.5. The second-order valence-corrected chi connectivity index (χ2v) is 6.52. The number of nitrogens with zero attached hydrogens (tertiary/aromatic N) is 1. The third kappa shape index (κ3) is 4.43. The second kappa shape index (κ2) is 8.53. The SMILES string of the molecule is CCCOc1ccc2nc(NC(=O)COc3ccccc3OC)sc2c1. The van der Waals surface area contributed by atoms with E-state index >= 15 is 0 Å². The number of thiazole rings is 1. The van der Waals surface area contributed by atoms with Crippen molar-refractivity contribution in [2.75, 3.05) is 25.6 Å². The Hall–Kier alpha value is -2.80. The minimum absolute atomic E-state index is 0.124. The first kappa shape index (κ1) is 18.0. The second-order valence-electron chi connectivity index (χ2n) is 5.48. The number of methoxy groups -OCH3 is 1. The lowest BCUT2D eigenvalue weighted by molar-refractivity contribution is -0.118. The molecule has 0 spiro atoms. The number of benzene rings is 2. The van der Waals surface area contributed by atoms with E-state index in [2.05, 4.69) is 17.2 Å². The molecule has 2 aromatic carbocycles. The molecular formula is C19H20N2O4S. The van der Waals surface area contributed by atoms with Crippen molar-refractivity contribution in [2.24, 2.45) is 0 Å². The van der Waals surface area contributed by atoms with Crippen LogP contribution in [0.1, 0.15) is 13.3 Å². The lowest BCUT2D eigenvalue weighted by Gasteiger charge is -2.09. The molecule has 1 N–H and O–H groups in total. The van der Waals surface area contributed by atoms with Crippen LogP contribution < -0.4 is 19.5 Å². The van der Waals surface area contributed by atoms with E-state index in [-0.39, 0.29) is 12.5 Å². The van der Waals surface area contributed by atoms with Crippen molar-refractivity contribution < 1.29 is 19.0 Å². The standard InChI is InChI=1S/C19H20N2O4S/c1-3-10-24-13-8-9-14-17(11-13)26-19(20-14)21-18(22)12-25-16-7-5-4-6-15(16)23-2/h4-9,11H,3,10,12H2,1-2H3,(H,20,21,22). The molecule has 1 aromatic heterocycles. The Morgan fingerprint density at radius 1 is 1.15 bits per heavy atom. The van der Waals surface area contributed by atoms with E-state index in [0.29, 0.717) is 23.2 Å². The highest BCUT2D eigenvalue weighted by Gasteiger charge is 2.11. The van der Waals surface area contributed by atoms with Gasteiger partial charge in [-0.3, -0.25) is 10.1 Å². The summed E-state index contributed by atoms with van der Waals surface area (Å²) in [6, 6.07) is 12.9. The Labute approximate surface area is 155 Å². The van der Waals surface area contributed by atoms with Crippen LogP contribution in [0.25, 0.3) is 10.2 Å². The summed E-state index contributed by atoms with van der Waals surface area (Å²) >= 11 is 1.40. The first-order valence-corrected chi connectivity index (χ1v) is 9.10. The number of rotatable bonds is 8. The number of hydrogen-bond donors (Lipinski definition) is 1. The maximum atomic E-state index is 12.1. The smallest absolute Gasteiger partial charge is 0.264 e. The topological polar surface area (TPSA) is 69.7 Å². The van der Waals surface area contributed by atoms with E-state index in [1.165, 1.54) is 11.3 Å². The molecule has 3 rings (SSSR count). The molecule has 0 aliphatic rings. The largest absolute Gasteiger partial charge is 0.494 e. The number of hydrogen-bond acceptors (Lipinski definition) is 6. The molecule has 0 atom stereocenters. The fraction of sp³-hybridized carbons (Fsp3) is 0.263. The summed E-state index contributed by atoms with van der Waals surface area (Å²) in [6.45, 7) is 2.61. The zero-order chi connectivity index (χ0) is 18.4. The summed E-state index contributed by atoms with van der Waals surface area (Å²) in [7, 11) is 1.56. The minimum atomic E-state index is -0.280. The summed E-state index contributed by atoms with van der Waals surface area (Å²) in [5.41, 5.74) is 0.819. The Kier molecular flexibility index (Phi) is 5.91. The van der Waals surface area contributed by atoms with Crippen molar-refractivity contribution in [1.29, 1.82) is 0 Å². The Morgan fingerprint density at radius 3 is 2.73 bits per heavy atom. The summed E-state index contributed by atoms with van der Waals surface area (Å²) in [5, 5.41) is 3.29. The van der Waals surface area contributed by atoms with Crippen LogP contribution in [0.5, 0.6) is 17.2 Å². The maximum Gasteiger partial charge on any atom is 0.264 e. The van der Waals surface area contributed by atoms with Crippen LogP contribution in [0.15, 0.2) is 42.5 Å². The zero-order valence-corrected chi connectivity index (χ0v) is 15.5. The van der Waals surface area contributed by atoms with Crippen LogP contribution in [-0.2, 0) is 4.79 Å². The van der Waals surface area contributed by atoms with E-state index in [1.54, 1.807) is 19.2 Å². The van der Waals surface area contributed by atoms with E-state index in [0.717, 1.165) is 22.4 Å². The van der Waals surface area contributed by atoms with Gasteiger partial charge in [0.1, 0.15) is 5.75 Å². The van der Waals surface area contributed by atoms with Gasteiger partial charge >= 0.3 is 0 Å². The lowest BCUT2D eigenvalue weighted by Crippen LogP contribution is -2.20. The van der Waals surface area contributed by atoms with Gasteiger partial charge < -0.3 is 14.2 Å². The van der Waals surface area contributed by atoms with Crippen molar-refractivity contribution in [2.45, 2.75) is 13.3 Å². The minimum Gasteiger partial charge on any atom is -0.494 e. The molecule has 0 fully saturated rings. The summed E-state index contributed by atoms with van der Waals surface area (Å²) < 4.78 is 17.3. The monoisotopic (exact) mass is 372 g/mol.